The molecule has 1 aliphatic carbocycles. The normalized spacial score (nSPS) is 24.0. The summed E-state index contributed by atoms with van der Waals surface area (Å²) in [6.07, 6.45) is 10.3. The molecule has 1 heterocycles. The standard InChI is InChI=1S/C15H20N2O3/c1-3-8-11(2)17-13(19)15(12(18)16-14(17)20)9-6-4-5-7-10-15/h1,11H,4-10H2,2H3,(H,16,18,20). The second kappa shape index (κ2) is 5.66. The van der Waals surface area contributed by atoms with Crippen molar-refractivity contribution in [2.75, 3.05) is 0 Å². The first-order chi connectivity index (χ1) is 9.53. The largest absolute Gasteiger partial charge is 0.331 e. The van der Waals surface area contributed by atoms with Crippen molar-refractivity contribution < 1.29 is 14.4 Å². The summed E-state index contributed by atoms with van der Waals surface area (Å²) in [6, 6.07) is -1.03. The smallest absolute Gasteiger partial charge is 0.277 e. The van der Waals surface area contributed by atoms with E-state index in [1.807, 2.05) is 0 Å². The molecule has 1 saturated carbocycles. The monoisotopic (exact) mass is 276 g/mol. The van der Waals surface area contributed by atoms with Crippen LogP contribution < -0.4 is 5.32 Å². The van der Waals surface area contributed by atoms with Crippen LogP contribution in [-0.4, -0.2) is 28.8 Å². The van der Waals surface area contributed by atoms with Crippen molar-refractivity contribution in [2.45, 2.75) is 57.9 Å². The average molecular weight is 276 g/mol. The zero-order chi connectivity index (χ0) is 14.8. The van der Waals surface area contributed by atoms with Crippen molar-refractivity contribution in [1.82, 2.24) is 10.2 Å². The molecule has 0 bridgehead atoms. The highest BCUT2D eigenvalue weighted by Crippen LogP contribution is 2.39. The summed E-state index contributed by atoms with van der Waals surface area (Å²) >= 11 is 0. The lowest BCUT2D eigenvalue weighted by molar-refractivity contribution is -0.153. The Labute approximate surface area is 119 Å². The quantitative estimate of drug-likeness (QED) is 0.618. The maximum atomic E-state index is 12.8. The van der Waals surface area contributed by atoms with Gasteiger partial charge in [-0.25, -0.2) is 4.79 Å². The average Bonchev–Trinajstić information content (AvgIpc) is 2.64. The third-order valence-electron chi connectivity index (χ3n) is 4.31. The Morgan fingerprint density at radius 3 is 2.40 bits per heavy atom. The van der Waals surface area contributed by atoms with E-state index < -0.39 is 17.4 Å². The predicted molar refractivity (Wildman–Crippen MR) is 73.4 cm³/mol. The minimum Gasteiger partial charge on any atom is -0.277 e. The van der Waals surface area contributed by atoms with Gasteiger partial charge in [0.25, 0.3) is 0 Å². The third-order valence-corrected chi connectivity index (χ3v) is 4.31. The van der Waals surface area contributed by atoms with E-state index in [9.17, 15) is 14.4 Å². The first-order valence-corrected chi connectivity index (χ1v) is 7.15. The first kappa shape index (κ1) is 14.6. The fourth-order valence-corrected chi connectivity index (χ4v) is 3.13. The molecule has 5 nitrogen and oxygen atoms in total. The molecule has 1 atom stereocenters. The lowest BCUT2D eigenvalue weighted by Gasteiger charge is -2.41. The molecule has 108 valence electrons. The highest BCUT2D eigenvalue weighted by Gasteiger charge is 2.54. The number of nitrogens with one attached hydrogen (secondary N) is 1. The van der Waals surface area contributed by atoms with Gasteiger partial charge in [0, 0.05) is 12.5 Å². The van der Waals surface area contributed by atoms with Crippen LogP contribution in [0.3, 0.4) is 0 Å². The first-order valence-electron chi connectivity index (χ1n) is 7.15. The molecule has 5 heteroatoms. The molecule has 2 rings (SSSR count). The van der Waals surface area contributed by atoms with Crippen molar-refractivity contribution in [3.05, 3.63) is 0 Å². The highest BCUT2D eigenvalue weighted by molar-refractivity contribution is 6.19. The van der Waals surface area contributed by atoms with Crippen molar-refractivity contribution in [3.63, 3.8) is 0 Å². The molecule has 1 unspecified atom stereocenters. The summed E-state index contributed by atoms with van der Waals surface area (Å²) in [5.74, 6) is 1.67. The van der Waals surface area contributed by atoms with E-state index >= 15 is 0 Å². The Morgan fingerprint density at radius 1 is 1.25 bits per heavy atom. The van der Waals surface area contributed by atoms with Crippen molar-refractivity contribution in [3.8, 4) is 12.3 Å². The van der Waals surface area contributed by atoms with Gasteiger partial charge in [0.15, 0.2) is 0 Å². The van der Waals surface area contributed by atoms with Crippen LogP contribution in [0.15, 0.2) is 0 Å². The van der Waals surface area contributed by atoms with Gasteiger partial charge in [0.1, 0.15) is 5.41 Å². The van der Waals surface area contributed by atoms with E-state index in [2.05, 4.69) is 11.2 Å². The van der Waals surface area contributed by atoms with E-state index in [0.717, 1.165) is 30.6 Å². The van der Waals surface area contributed by atoms with Crippen LogP contribution in [0.5, 0.6) is 0 Å². The van der Waals surface area contributed by atoms with E-state index in [0.29, 0.717) is 19.3 Å². The molecule has 1 saturated heterocycles. The molecule has 1 spiro atoms. The van der Waals surface area contributed by atoms with Crippen LogP contribution in [0.4, 0.5) is 4.79 Å². The van der Waals surface area contributed by atoms with Gasteiger partial charge in [-0.3, -0.25) is 19.8 Å². The van der Waals surface area contributed by atoms with Crippen molar-refractivity contribution >= 4 is 17.8 Å². The van der Waals surface area contributed by atoms with Crippen LogP contribution in [0.2, 0.25) is 0 Å². The van der Waals surface area contributed by atoms with E-state index in [4.69, 9.17) is 6.42 Å². The molecule has 0 aromatic rings. The number of hydrogen-bond donors (Lipinski definition) is 1. The third kappa shape index (κ3) is 2.31. The second-order valence-corrected chi connectivity index (χ2v) is 5.69. The Morgan fingerprint density at radius 2 is 1.85 bits per heavy atom. The molecule has 0 radical (unpaired) electrons. The van der Waals surface area contributed by atoms with Crippen LogP contribution in [-0.2, 0) is 9.59 Å². The lowest BCUT2D eigenvalue weighted by atomic mass is 9.76. The Hall–Kier alpha value is -1.83. The molecule has 2 aliphatic rings. The number of nitrogens with zero attached hydrogens (tertiary/aromatic N) is 1. The molecule has 1 aliphatic heterocycles. The zero-order valence-corrected chi connectivity index (χ0v) is 11.8. The number of hydrogen-bond acceptors (Lipinski definition) is 3. The number of urea groups is 1. The number of amides is 4. The Kier molecular flexibility index (Phi) is 4.12. The van der Waals surface area contributed by atoms with Crippen LogP contribution in [0.1, 0.15) is 51.9 Å². The topological polar surface area (TPSA) is 66.5 Å². The van der Waals surface area contributed by atoms with Crippen LogP contribution >= 0.6 is 0 Å². The van der Waals surface area contributed by atoms with Gasteiger partial charge < -0.3 is 0 Å². The summed E-state index contributed by atoms with van der Waals surface area (Å²) in [6.45, 7) is 1.73. The molecule has 0 aromatic carbocycles. The van der Waals surface area contributed by atoms with Gasteiger partial charge in [-0.15, -0.1) is 12.3 Å². The SMILES string of the molecule is C#CCC(C)N1C(=O)NC(=O)C2(CCCCCC2)C1=O. The number of carbonyl (C=O) groups excluding carboxylic acids is 3. The number of rotatable bonds is 2. The molecule has 1 N–H and O–H groups in total. The van der Waals surface area contributed by atoms with Crippen molar-refractivity contribution in [1.29, 1.82) is 0 Å². The molecule has 4 amide bonds. The zero-order valence-electron chi connectivity index (χ0n) is 11.8. The van der Waals surface area contributed by atoms with Gasteiger partial charge in [0.2, 0.25) is 11.8 Å². The second-order valence-electron chi connectivity index (χ2n) is 5.69. The van der Waals surface area contributed by atoms with Crippen LogP contribution in [0.25, 0.3) is 0 Å². The molecule has 0 aromatic heterocycles. The minimum absolute atomic E-state index is 0.295. The maximum absolute atomic E-state index is 12.8. The highest BCUT2D eigenvalue weighted by atomic mass is 16.2. The van der Waals surface area contributed by atoms with Gasteiger partial charge >= 0.3 is 6.03 Å². The summed E-state index contributed by atoms with van der Waals surface area (Å²) < 4.78 is 0. The molecular formula is C15H20N2O3. The molecular weight excluding hydrogens is 256 g/mol. The van der Waals surface area contributed by atoms with Gasteiger partial charge in [0.05, 0.1) is 0 Å². The summed E-state index contributed by atoms with van der Waals surface area (Å²) in [4.78, 5) is 38.1. The van der Waals surface area contributed by atoms with Crippen LogP contribution in [0, 0.1) is 17.8 Å². The van der Waals surface area contributed by atoms with E-state index in [1.165, 1.54) is 0 Å². The lowest BCUT2D eigenvalue weighted by Crippen LogP contribution is -2.65. The van der Waals surface area contributed by atoms with Gasteiger partial charge in [-0.05, 0) is 19.8 Å². The molecule has 2 fully saturated rings. The predicted octanol–water partition coefficient (Wildman–Crippen LogP) is 1.82. The Bertz CT molecular complexity index is 470. The fraction of sp³-hybridized carbons (Fsp3) is 0.667. The number of carbonyl (C=O) groups is 3. The minimum atomic E-state index is -1.06. The summed E-state index contributed by atoms with van der Waals surface area (Å²) in [5, 5.41) is 2.35. The van der Waals surface area contributed by atoms with Gasteiger partial charge in [-0.1, -0.05) is 25.7 Å². The van der Waals surface area contributed by atoms with E-state index in [-0.39, 0.29) is 11.9 Å². The number of imide groups is 2. The number of barbiturate groups is 1. The number of terminal acetylenes is 1. The summed E-state index contributed by atoms with van der Waals surface area (Å²) in [7, 11) is 0. The summed E-state index contributed by atoms with van der Waals surface area (Å²) in [5.41, 5.74) is -1.06. The maximum Gasteiger partial charge on any atom is 0.331 e. The van der Waals surface area contributed by atoms with E-state index in [1.54, 1.807) is 6.92 Å². The van der Waals surface area contributed by atoms with Crippen molar-refractivity contribution in [2.24, 2.45) is 5.41 Å². The molecule has 20 heavy (non-hydrogen) atoms. The fourth-order valence-electron chi connectivity index (χ4n) is 3.13. The van der Waals surface area contributed by atoms with Gasteiger partial charge in [-0.2, -0.15) is 0 Å². The Balaban J connectivity index is 2.33.